The van der Waals surface area contributed by atoms with Crippen LogP contribution < -0.4 is 5.73 Å². The molecule has 1 saturated carbocycles. The zero-order chi connectivity index (χ0) is 18.0. The van der Waals surface area contributed by atoms with Crippen molar-refractivity contribution in [2.24, 2.45) is 5.73 Å². The van der Waals surface area contributed by atoms with E-state index in [1.54, 1.807) is 0 Å². The molecule has 1 fully saturated rings. The second kappa shape index (κ2) is 9.18. The molecule has 0 radical (unpaired) electrons. The molecule has 0 unspecified atom stereocenters. The Bertz CT molecular complexity index is 734. The van der Waals surface area contributed by atoms with Crippen molar-refractivity contribution in [3.05, 3.63) is 40.4 Å². The van der Waals surface area contributed by atoms with Gasteiger partial charge < -0.3 is 10.5 Å². The monoisotopic (exact) mass is 398 g/mol. The summed E-state index contributed by atoms with van der Waals surface area (Å²) in [5.41, 5.74) is 8.27. The molecular formula is C19H28Cl2N4O. The van der Waals surface area contributed by atoms with Crippen molar-refractivity contribution < 1.29 is 4.74 Å². The van der Waals surface area contributed by atoms with E-state index in [2.05, 4.69) is 12.0 Å². The van der Waals surface area contributed by atoms with E-state index in [4.69, 9.17) is 27.1 Å². The van der Waals surface area contributed by atoms with Crippen molar-refractivity contribution in [3.63, 3.8) is 0 Å². The van der Waals surface area contributed by atoms with Gasteiger partial charge in [0.25, 0.3) is 0 Å². The molecule has 1 aromatic heterocycles. The quantitative estimate of drug-likeness (QED) is 0.812. The minimum Gasteiger partial charge on any atom is -0.377 e. The highest BCUT2D eigenvalue weighted by molar-refractivity contribution is 6.31. The number of nitrogens with two attached hydrogens (primary N) is 1. The Balaban J connectivity index is 0.00000243. The van der Waals surface area contributed by atoms with E-state index in [-0.39, 0.29) is 24.6 Å². The van der Waals surface area contributed by atoms with Crippen molar-refractivity contribution in [2.75, 3.05) is 6.61 Å². The average molecular weight is 399 g/mol. The zero-order valence-electron chi connectivity index (χ0n) is 15.6. The highest BCUT2D eigenvalue weighted by Gasteiger charge is 2.32. The fraction of sp³-hybridized carbons (Fsp3) is 0.579. The van der Waals surface area contributed by atoms with Crippen LogP contribution in [0.25, 0.3) is 5.69 Å². The summed E-state index contributed by atoms with van der Waals surface area (Å²) in [7, 11) is 0. The lowest BCUT2D eigenvalue weighted by atomic mass is 9.83. The molecule has 7 heteroatoms. The molecule has 3 atom stereocenters. The number of aromatic nitrogens is 3. The van der Waals surface area contributed by atoms with Gasteiger partial charge in [-0.05, 0) is 57.2 Å². The smallest absolute Gasteiger partial charge is 0.148 e. The summed E-state index contributed by atoms with van der Waals surface area (Å²) >= 11 is 6.31. The molecule has 1 aliphatic rings. The maximum absolute atomic E-state index is 6.31. The minimum absolute atomic E-state index is 0. The zero-order valence-corrected chi connectivity index (χ0v) is 17.2. The third-order valence-corrected chi connectivity index (χ3v) is 5.29. The van der Waals surface area contributed by atoms with Gasteiger partial charge in [-0.2, -0.15) is 5.10 Å². The number of ether oxygens (including phenoxy) is 1. The Morgan fingerprint density at radius 3 is 2.77 bits per heavy atom. The van der Waals surface area contributed by atoms with Gasteiger partial charge in [-0.25, -0.2) is 9.67 Å². The molecule has 0 bridgehead atoms. The van der Waals surface area contributed by atoms with Crippen molar-refractivity contribution in [3.8, 4) is 5.69 Å². The van der Waals surface area contributed by atoms with Crippen LogP contribution in [0.5, 0.6) is 0 Å². The first-order valence-corrected chi connectivity index (χ1v) is 9.44. The molecule has 2 N–H and O–H groups in total. The molecule has 1 heterocycles. The first-order valence-electron chi connectivity index (χ1n) is 9.06. The molecule has 144 valence electrons. The number of aryl methyl sites for hydroxylation is 2. The van der Waals surface area contributed by atoms with Crippen LogP contribution in [0.15, 0.2) is 18.2 Å². The van der Waals surface area contributed by atoms with E-state index in [9.17, 15) is 0 Å². The van der Waals surface area contributed by atoms with Crippen LogP contribution in [0.1, 0.15) is 55.7 Å². The summed E-state index contributed by atoms with van der Waals surface area (Å²) in [5.74, 6) is 2.05. The maximum atomic E-state index is 6.31. The lowest BCUT2D eigenvalue weighted by Crippen LogP contribution is -2.42. The Hall–Kier alpha value is -1.14. The number of rotatable bonds is 5. The Morgan fingerprint density at radius 1 is 1.31 bits per heavy atom. The standard InChI is InChI=1S/C19H27ClN4O.ClH/c1-4-9-25-18-10-14(6-8-17(18)21)19-22-13(3)23-24(19)15-7-5-12(2)16(20)11-15;/h5,7,11,14,17-18H,4,6,8-10,21H2,1-3H3;1H/t14-,17-,18-;/m0./s1. The van der Waals surface area contributed by atoms with Crippen LogP contribution in [0.3, 0.4) is 0 Å². The van der Waals surface area contributed by atoms with E-state index in [1.165, 1.54) is 0 Å². The summed E-state index contributed by atoms with van der Waals surface area (Å²) < 4.78 is 7.91. The molecule has 1 aliphatic carbocycles. The van der Waals surface area contributed by atoms with Crippen molar-refractivity contribution in [1.29, 1.82) is 0 Å². The number of hydrogen-bond donors (Lipinski definition) is 1. The maximum Gasteiger partial charge on any atom is 0.148 e. The van der Waals surface area contributed by atoms with Crippen LogP contribution in [-0.2, 0) is 4.74 Å². The van der Waals surface area contributed by atoms with Gasteiger partial charge in [0.15, 0.2) is 0 Å². The summed E-state index contributed by atoms with van der Waals surface area (Å²) in [6.45, 7) is 6.80. The van der Waals surface area contributed by atoms with Crippen molar-refractivity contribution in [1.82, 2.24) is 14.8 Å². The van der Waals surface area contributed by atoms with Gasteiger partial charge in [0, 0.05) is 23.6 Å². The van der Waals surface area contributed by atoms with E-state index in [0.29, 0.717) is 5.92 Å². The predicted octanol–water partition coefficient (Wildman–Crippen LogP) is 4.35. The van der Waals surface area contributed by atoms with Crippen LogP contribution in [-0.4, -0.2) is 33.5 Å². The van der Waals surface area contributed by atoms with E-state index < -0.39 is 0 Å². The predicted molar refractivity (Wildman–Crippen MR) is 108 cm³/mol. The van der Waals surface area contributed by atoms with Gasteiger partial charge in [-0.15, -0.1) is 12.4 Å². The summed E-state index contributed by atoms with van der Waals surface area (Å²) in [6, 6.07) is 6.11. The number of halogens is 2. The molecule has 26 heavy (non-hydrogen) atoms. The number of nitrogens with zero attached hydrogens (tertiary/aromatic N) is 3. The lowest BCUT2D eigenvalue weighted by molar-refractivity contribution is 0.00883. The summed E-state index contributed by atoms with van der Waals surface area (Å²) in [4.78, 5) is 4.71. The van der Waals surface area contributed by atoms with Gasteiger partial charge in [0.1, 0.15) is 11.6 Å². The Labute approximate surface area is 166 Å². The van der Waals surface area contributed by atoms with Crippen molar-refractivity contribution >= 4 is 24.0 Å². The van der Waals surface area contributed by atoms with Gasteiger partial charge in [-0.1, -0.05) is 24.6 Å². The second-order valence-corrected chi connectivity index (χ2v) is 7.35. The average Bonchev–Trinajstić information content (AvgIpc) is 2.98. The van der Waals surface area contributed by atoms with E-state index in [0.717, 1.165) is 60.2 Å². The number of hydrogen-bond acceptors (Lipinski definition) is 4. The molecule has 0 aliphatic heterocycles. The van der Waals surface area contributed by atoms with Gasteiger partial charge >= 0.3 is 0 Å². The van der Waals surface area contributed by atoms with Gasteiger partial charge in [-0.3, -0.25) is 0 Å². The van der Waals surface area contributed by atoms with Crippen LogP contribution in [0.2, 0.25) is 5.02 Å². The fourth-order valence-electron chi connectivity index (χ4n) is 3.45. The highest BCUT2D eigenvalue weighted by atomic mass is 35.5. The molecule has 3 rings (SSSR count). The first-order chi connectivity index (χ1) is 12.0. The minimum atomic E-state index is 0. The first kappa shape index (κ1) is 21.2. The Morgan fingerprint density at radius 2 is 2.08 bits per heavy atom. The van der Waals surface area contributed by atoms with Crippen molar-refractivity contribution in [2.45, 2.75) is 64.5 Å². The second-order valence-electron chi connectivity index (χ2n) is 6.95. The molecule has 5 nitrogen and oxygen atoms in total. The summed E-state index contributed by atoms with van der Waals surface area (Å²) in [6.07, 6.45) is 3.93. The SMILES string of the molecule is CCCO[C@H]1C[C@@H](c2nc(C)nn2-c2ccc(C)c(Cl)c2)CC[C@@H]1N.Cl. The molecule has 0 spiro atoms. The van der Waals surface area contributed by atoms with E-state index >= 15 is 0 Å². The molecule has 0 saturated heterocycles. The van der Waals surface area contributed by atoms with Gasteiger partial charge in [0.05, 0.1) is 11.8 Å². The highest BCUT2D eigenvalue weighted by Crippen LogP contribution is 2.34. The number of benzene rings is 1. The normalized spacial score (nSPS) is 22.9. The topological polar surface area (TPSA) is 66.0 Å². The molecule has 2 aromatic rings. The lowest BCUT2D eigenvalue weighted by Gasteiger charge is -2.33. The third-order valence-electron chi connectivity index (χ3n) is 4.88. The largest absolute Gasteiger partial charge is 0.377 e. The van der Waals surface area contributed by atoms with E-state index in [1.807, 2.05) is 36.7 Å². The molecule has 0 amide bonds. The van der Waals surface area contributed by atoms with Crippen LogP contribution >= 0.6 is 24.0 Å². The summed E-state index contributed by atoms with van der Waals surface area (Å²) in [5, 5.41) is 5.35. The van der Waals surface area contributed by atoms with Crippen LogP contribution in [0, 0.1) is 13.8 Å². The fourth-order valence-corrected chi connectivity index (χ4v) is 3.62. The Kier molecular flexibility index (Phi) is 7.47. The third kappa shape index (κ3) is 4.58. The molecule has 1 aromatic carbocycles. The van der Waals surface area contributed by atoms with Crippen LogP contribution in [0.4, 0.5) is 0 Å². The molecular weight excluding hydrogens is 371 g/mol. The van der Waals surface area contributed by atoms with Gasteiger partial charge in [0.2, 0.25) is 0 Å².